The lowest BCUT2D eigenvalue weighted by atomic mass is 10.1. The molecule has 1 amide bonds. The quantitative estimate of drug-likeness (QED) is 0.425. The highest BCUT2D eigenvalue weighted by Gasteiger charge is 2.18. The zero-order chi connectivity index (χ0) is 24.2. The molecule has 34 heavy (non-hydrogen) atoms. The number of hydrogen-bond donors (Lipinski definition) is 1. The van der Waals surface area contributed by atoms with Gasteiger partial charge in [-0.15, -0.1) is 0 Å². The number of benzene rings is 2. The molecule has 1 N–H and O–H groups in total. The van der Waals surface area contributed by atoms with Crippen molar-refractivity contribution in [2.75, 3.05) is 7.11 Å². The summed E-state index contributed by atoms with van der Waals surface area (Å²) in [6, 6.07) is 17.4. The van der Waals surface area contributed by atoms with Crippen molar-refractivity contribution in [3.05, 3.63) is 104 Å². The number of ether oxygens (including phenoxy) is 2. The molecular weight excluding hydrogens is 436 g/mol. The molecule has 0 unspecified atom stereocenters. The van der Waals surface area contributed by atoms with Gasteiger partial charge in [-0.1, -0.05) is 30.3 Å². The topological polar surface area (TPSA) is 99.8 Å². The van der Waals surface area contributed by atoms with E-state index in [0.29, 0.717) is 28.1 Å². The van der Waals surface area contributed by atoms with Crippen LogP contribution >= 0.6 is 0 Å². The summed E-state index contributed by atoms with van der Waals surface area (Å²) in [5, 5.41) is 3.30. The third-order valence-corrected chi connectivity index (χ3v) is 5.59. The maximum absolute atomic E-state index is 12.9. The van der Waals surface area contributed by atoms with Crippen LogP contribution in [0, 0.1) is 6.92 Å². The van der Waals surface area contributed by atoms with Crippen molar-refractivity contribution in [1.29, 1.82) is 0 Å². The van der Waals surface area contributed by atoms with E-state index in [0.717, 1.165) is 5.56 Å². The number of aryl methyl sites for hydroxylation is 1. The number of pyridine rings is 1. The molecule has 0 aliphatic heterocycles. The molecule has 0 spiro atoms. The first-order valence-electron chi connectivity index (χ1n) is 10.6. The molecule has 0 radical (unpaired) electrons. The monoisotopic (exact) mass is 460 g/mol. The van der Waals surface area contributed by atoms with Gasteiger partial charge in [0, 0.05) is 30.3 Å². The van der Waals surface area contributed by atoms with Crippen LogP contribution in [0.3, 0.4) is 0 Å². The number of fused-ring (bicyclic) bond motifs is 1. The number of hydrogen-bond acceptors (Lipinski definition) is 6. The highest BCUT2D eigenvalue weighted by atomic mass is 16.5. The summed E-state index contributed by atoms with van der Waals surface area (Å²) >= 11 is 0. The van der Waals surface area contributed by atoms with Crippen molar-refractivity contribution < 1.29 is 18.7 Å². The molecule has 8 nitrogen and oxygen atoms in total. The first kappa shape index (κ1) is 22.8. The van der Waals surface area contributed by atoms with Gasteiger partial charge in [-0.2, -0.15) is 0 Å². The van der Waals surface area contributed by atoms with Crippen LogP contribution in [0.4, 0.5) is 0 Å². The number of amides is 1. The molecule has 2 heterocycles. The highest BCUT2D eigenvalue weighted by Crippen LogP contribution is 2.21. The van der Waals surface area contributed by atoms with Crippen LogP contribution in [0.5, 0.6) is 11.5 Å². The van der Waals surface area contributed by atoms with Gasteiger partial charge >= 0.3 is 5.63 Å². The fourth-order valence-electron chi connectivity index (χ4n) is 3.58. The van der Waals surface area contributed by atoms with Crippen LogP contribution in [-0.4, -0.2) is 17.6 Å². The van der Waals surface area contributed by atoms with E-state index in [4.69, 9.17) is 13.9 Å². The van der Waals surface area contributed by atoms with Gasteiger partial charge in [0.25, 0.3) is 5.91 Å². The van der Waals surface area contributed by atoms with Gasteiger partial charge in [-0.05, 0) is 30.7 Å². The van der Waals surface area contributed by atoms with Gasteiger partial charge in [-0.3, -0.25) is 9.59 Å². The predicted octanol–water partition coefficient (Wildman–Crippen LogP) is 3.32. The minimum atomic E-state index is -0.767. The lowest BCUT2D eigenvalue weighted by molar-refractivity contribution is 0.0946. The normalized spacial score (nSPS) is 10.8. The lowest BCUT2D eigenvalue weighted by Gasteiger charge is -2.17. The van der Waals surface area contributed by atoms with Crippen molar-refractivity contribution in [3.8, 4) is 11.5 Å². The number of methoxy groups -OCH3 is 1. The summed E-state index contributed by atoms with van der Waals surface area (Å²) in [4.78, 5) is 38.0. The first-order valence-corrected chi connectivity index (χ1v) is 10.6. The second kappa shape index (κ2) is 9.66. The maximum atomic E-state index is 12.9. The Bertz CT molecular complexity index is 1470. The molecule has 0 fully saturated rings. The Morgan fingerprint density at radius 3 is 2.56 bits per heavy atom. The van der Waals surface area contributed by atoms with E-state index in [-0.39, 0.29) is 29.9 Å². The summed E-state index contributed by atoms with van der Waals surface area (Å²) in [7, 11) is 3.29. The van der Waals surface area contributed by atoms with Gasteiger partial charge in [0.2, 0.25) is 5.43 Å². The Hall–Kier alpha value is -4.33. The fraction of sp³-hybridized carbons (Fsp3) is 0.192. The van der Waals surface area contributed by atoms with Gasteiger partial charge in [0.05, 0.1) is 19.3 Å². The van der Waals surface area contributed by atoms with E-state index in [1.807, 2.05) is 30.3 Å². The molecule has 4 rings (SSSR count). The summed E-state index contributed by atoms with van der Waals surface area (Å²) in [6.07, 6.45) is 0. The molecule has 0 aliphatic rings. The fourth-order valence-corrected chi connectivity index (χ4v) is 3.58. The Balaban J connectivity index is 1.59. The van der Waals surface area contributed by atoms with Crippen LogP contribution in [-0.2, 0) is 20.2 Å². The smallest absolute Gasteiger partial charge is 0.349 e. The Labute approximate surface area is 195 Å². The van der Waals surface area contributed by atoms with Crippen LogP contribution in [0.2, 0.25) is 0 Å². The first-order chi connectivity index (χ1) is 16.4. The van der Waals surface area contributed by atoms with Crippen molar-refractivity contribution in [1.82, 2.24) is 9.88 Å². The zero-order valence-corrected chi connectivity index (χ0v) is 19.1. The highest BCUT2D eigenvalue weighted by molar-refractivity contribution is 5.96. The average Bonchev–Trinajstić information content (AvgIpc) is 2.84. The van der Waals surface area contributed by atoms with E-state index in [1.54, 1.807) is 36.7 Å². The van der Waals surface area contributed by atoms with Crippen LogP contribution in [0.15, 0.2) is 74.7 Å². The third kappa shape index (κ3) is 4.71. The predicted molar refractivity (Wildman–Crippen MR) is 127 cm³/mol. The number of carbonyl (C=O) groups excluding carboxylic acids is 1. The van der Waals surface area contributed by atoms with E-state index in [2.05, 4.69) is 5.32 Å². The molecule has 4 aromatic rings. The SMILES string of the molecule is COc1ccc2cc(C(=O)NCc3c(OCc4ccccc4)c(=O)cc(C)n3C)c(=O)oc2c1. The van der Waals surface area contributed by atoms with Crippen LogP contribution < -0.4 is 25.8 Å². The molecule has 2 aromatic heterocycles. The Kier molecular flexibility index (Phi) is 6.49. The minimum Gasteiger partial charge on any atom is -0.497 e. The van der Waals surface area contributed by atoms with E-state index >= 15 is 0 Å². The summed E-state index contributed by atoms with van der Waals surface area (Å²) in [6.45, 7) is 1.98. The Morgan fingerprint density at radius 1 is 1.06 bits per heavy atom. The largest absolute Gasteiger partial charge is 0.497 e. The molecule has 174 valence electrons. The molecule has 0 atom stereocenters. The molecule has 0 aliphatic carbocycles. The number of nitrogens with zero attached hydrogens (tertiary/aromatic N) is 1. The lowest BCUT2D eigenvalue weighted by Crippen LogP contribution is -2.30. The molecule has 8 heteroatoms. The van der Waals surface area contributed by atoms with Gasteiger partial charge < -0.3 is 23.8 Å². The van der Waals surface area contributed by atoms with E-state index in [9.17, 15) is 14.4 Å². The molecular formula is C26H24N2O6. The second-order valence-electron chi connectivity index (χ2n) is 7.79. The third-order valence-electron chi connectivity index (χ3n) is 5.59. The van der Waals surface area contributed by atoms with E-state index < -0.39 is 11.5 Å². The number of rotatable bonds is 7. The van der Waals surface area contributed by atoms with E-state index in [1.165, 1.54) is 19.2 Å². The summed E-state index contributed by atoms with van der Waals surface area (Å²) in [5.74, 6) is 0.0700. The number of carbonyl (C=O) groups is 1. The van der Waals surface area contributed by atoms with Crippen molar-refractivity contribution in [2.24, 2.45) is 7.05 Å². The number of nitrogens with one attached hydrogen (secondary N) is 1. The number of aromatic nitrogens is 1. The van der Waals surface area contributed by atoms with Crippen molar-refractivity contribution >= 4 is 16.9 Å². The summed E-state index contributed by atoms with van der Waals surface area (Å²) < 4.78 is 18.1. The van der Waals surface area contributed by atoms with Crippen LogP contribution in [0.1, 0.15) is 27.3 Å². The maximum Gasteiger partial charge on any atom is 0.349 e. The molecule has 2 aromatic carbocycles. The minimum absolute atomic E-state index is 0.0174. The molecule has 0 saturated heterocycles. The summed E-state index contributed by atoms with van der Waals surface area (Å²) in [5.41, 5.74) is 1.24. The van der Waals surface area contributed by atoms with Crippen molar-refractivity contribution in [2.45, 2.75) is 20.1 Å². The average molecular weight is 460 g/mol. The van der Waals surface area contributed by atoms with Gasteiger partial charge in [0.15, 0.2) is 5.75 Å². The standard InChI is InChI=1S/C26H24N2O6/c1-16-11-22(29)24(33-15-17-7-5-4-6-8-17)21(28(16)2)14-27-25(30)20-12-18-9-10-19(32-3)13-23(18)34-26(20)31/h4-13H,14-15H2,1-3H3,(H,27,30). The zero-order valence-electron chi connectivity index (χ0n) is 19.1. The Morgan fingerprint density at radius 2 is 1.82 bits per heavy atom. The molecule has 0 saturated carbocycles. The molecule has 0 bridgehead atoms. The van der Waals surface area contributed by atoms with Crippen molar-refractivity contribution in [3.63, 3.8) is 0 Å². The van der Waals surface area contributed by atoms with Gasteiger partial charge in [-0.25, -0.2) is 4.79 Å². The van der Waals surface area contributed by atoms with Crippen LogP contribution in [0.25, 0.3) is 11.0 Å². The van der Waals surface area contributed by atoms with Gasteiger partial charge in [0.1, 0.15) is 23.5 Å². The second-order valence-corrected chi connectivity index (χ2v) is 7.79.